The van der Waals surface area contributed by atoms with Crippen molar-refractivity contribution >= 4 is 49.3 Å². The highest BCUT2D eigenvalue weighted by Crippen LogP contribution is 2.37. The molecule has 0 bridgehead atoms. The molecule has 12 heteroatoms. The minimum atomic E-state index is -4.06. The first-order chi connectivity index (χ1) is 16.2. The van der Waals surface area contributed by atoms with E-state index in [1.165, 1.54) is 23.5 Å². The van der Waals surface area contributed by atoms with Gasteiger partial charge in [0, 0.05) is 21.7 Å². The fourth-order valence-corrected chi connectivity index (χ4v) is 5.95. The Labute approximate surface area is 197 Å². The minimum Gasteiger partial charge on any atom is -0.480 e. The van der Waals surface area contributed by atoms with E-state index in [0.29, 0.717) is 17.0 Å². The predicted octanol–water partition coefficient (Wildman–Crippen LogP) is 3.88. The first kappa shape index (κ1) is 22.2. The SMILES string of the molecule is CC(C)[C@H](NS(=O)(=O)c1ccc2c(c1)oc1ccc(-c3ccc(-c4nn[nH]n4)s3)cc12)C(=O)O. The van der Waals surface area contributed by atoms with Crippen LogP contribution in [0.25, 0.3) is 43.1 Å². The number of sulfonamides is 1. The van der Waals surface area contributed by atoms with E-state index in [4.69, 9.17) is 4.42 Å². The van der Waals surface area contributed by atoms with Gasteiger partial charge in [-0.3, -0.25) is 4.79 Å². The zero-order chi connectivity index (χ0) is 24.0. The summed E-state index contributed by atoms with van der Waals surface area (Å²) in [5, 5.41) is 25.0. The van der Waals surface area contributed by atoms with E-state index in [1.807, 2.05) is 30.3 Å². The van der Waals surface area contributed by atoms with Gasteiger partial charge in [-0.25, -0.2) is 8.42 Å². The van der Waals surface area contributed by atoms with Gasteiger partial charge in [0.25, 0.3) is 0 Å². The van der Waals surface area contributed by atoms with Crippen LogP contribution < -0.4 is 4.72 Å². The Morgan fingerprint density at radius 1 is 1.06 bits per heavy atom. The summed E-state index contributed by atoms with van der Waals surface area (Å²) >= 11 is 1.53. The first-order valence-electron chi connectivity index (χ1n) is 10.3. The molecule has 0 aliphatic heterocycles. The molecule has 0 spiro atoms. The van der Waals surface area contributed by atoms with Gasteiger partial charge in [-0.15, -0.1) is 21.5 Å². The Bertz CT molecular complexity index is 1620. The third kappa shape index (κ3) is 3.95. The van der Waals surface area contributed by atoms with Gasteiger partial charge in [0.05, 0.1) is 9.77 Å². The van der Waals surface area contributed by atoms with E-state index in [0.717, 1.165) is 26.1 Å². The highest BCUT2D eigenvalue weighted by atomic mass is 32.2. The van der Waals surface area contributed by atoms with E-state index in [2.05, 4.69) is 25.3 Å². The van der Waals surface area contributed by atoms with Crippen molar-refractivity contribution in [2.24, 2.45) is 5.92 Å². The number of hydrogen-bond donors (Lipinski definition) is 3. The van der Waals surface area contributed by atoms with Crippen molar-refractivity contribution in [3.63, 3.8) is 0 Å². The molecule has 3 aromatic heterocycles. The lowest BCUT2D eigenvalue weighted by atomic mass is 10.1. The molecule has 0 fully saturated rings. The van der Waals surface area contributed by atoms with Crippen molar-refractivity contribution in [3.8, 4) is 21.1 Å². The number of aromatic nitrogens is 4. The number of rotatable bonds is 7. The van der Waals surface area contributed by atoms with Crippen molar-refractivity contribution in [2.75, 3.05) is 0 Å². The molecule has 0 unspecified atom stereocenters. The number of carboxylic acid groups (broad SMARTS) is 1. The summed E-state index contributed by atoms with van der Waals surface area (Å²) in [6, 6.07) is 12.9. The molecule has 10 nitrogen and oxygen atoms in total. The van der Waals surface area contributed by atoms with Gasteiger partial charge in [-0.2, -0.15) is 9.94 Å². The van der Waals surface area contributed by atoms with E-state index >= 15 is 0 Å². The molecule has 5 aromatic rings. The number of thiophene rings is 1. The molecule has 0 aliphatic rings. The lowest BCUT2D eigenvalue weighted by Crippen LogP contribution is -2.44. The summed E-state index contributed by atoms with van der Waals surface area (Å²) in [6.45, 7) is 3.28. The molecule has 0 amide bonds. The average molecular weight is 498 g/mol. The maximum Gasteiger partial charge on any atom is 0.322 e. The monoisotopic (exact) mass is 497 g/mol. The number of nitrogens with zero attached hydrogens (tertiary/aromatic N) is 3. The van der Waals surface area contributed by atoms with Crippen molar-refractivity contribution in [1.82, 2.24) is 25.3 Å². The summed E-state index contributed by atoms with van der Waals surface area (Å²) in [5.74, 6) is -1.12. The molecule has 0 aliphatic carbocycles. The van der Waals surface area contributed by atoms with E-state index in [9.17, 15) is 18.3 Å². The predicted molar refractivity (Wildman–Crippen MR) is 127 cm³/mol. The third-order valence-corrected chi connectivity index (χ3v) is 7.99. The van der Waals surface area contributed by atoms with Gasteiger partial charge in [0.15, 0.2) is 0 Å². The Balaban J connectivity index is 1.51. The Kier molecular flexibility index (Phi) is 5.42. The van der Waals surface area contributed by atoms with E-state index in [1.54, 1.807) is 19.9 Å². The number of fused-ring (bicyclic) bond motifs is 3. The molecular weight excluding hydrogens is 478 g/mol. The number of aliphatic carboxylic acids is 1. The third-order valence-electron chi connectivity index (χ3n) is 5.42. The van der Waals surface area contributed by atoms with Crippen molar-refractivity contribution < 1.29 is 22.7 Å². The number of tetrazole rings is 1. The molecule has 34 heavy (non-hydrogen) atoms. The highest BCUT2D eigenvalue weighted by molar-refractivity contribution is 7.89. The van der Waals surface area contributed by atoms with Gasteiger partial charge >= 0.3 is 5.97 Å². The molecule has 0 saturated carbocycles. The fourth-order valence-electron chi connectivity index (χ4n) is 3.66. The van der Waals surface area contributed by atoms with Crippen LogP contribution >= 0.6 is 11.3 Å². The fraction of sp³-hybridized carbons (Fsp3) is 0.182. The summed E-state index contributed by atoms with van der Waals surface area (Å²) in [6.07, 6.45) is 0. The molecule has 3 N–H and O–H groups in total. The van der Waals surface area contributed by atoms with Crippen LogP contribution in [-0.4, -0.2) is 46.2 Å². The zero-order valence-corrected chi connectivity index (χ0v) is 19.6. The van der Waals surface area contributed by atoms with E-state index in [-0.39, 0.29) is 4.90 Å². The quantitative estimate of drug-likeness (QED) is 0.306. The number of benzene rings is 2. The minimum absolute atomic E-state index is 0.0609. The van der Waals surface area contributed by atoms with Crippen molar-refractivity contribution in [1.29, 1.82) is 0 Å². The number of hydrogen-bond acceptors (Lipinski definition) is 8. The lowest BCUT2D eigenvalue weighted by Gasteiger charge is -2.17. The van der Waals surface area contributed by atoms with Crippen LogP contribution in [0.1, 0.15) is 13.8 Å². The van der Waals surface area contributed by atoms with Crippen LogP contribution in [0.15, 0.2) is 57.8 Å². The molecule has 1 atom stereocenters. The number of carboxylic acids is 1. The zero-order valence-electron chi connectivity index (χ0n) is 18.0. The molecular formula is C22H19N5O5S2. The normalized spacial score (nSPS) is 13.1. The smallest absolute Gasteiger partial charge is 0.322 e. The number of carbonyl (C=O) groups is 1. The van der Waals surface area contributed by atoms with Gasteiger partial charge in [0.2, 0.25) is 15.8 Å². The Morgan fingerprint density at radius 2 is 1.85 bits per heavy atom. The topological polar surface area (TPSA) is 151 Å². The summed E-state index contributed by atoms with van der Waals surface area (Å²) in [7, 11) is -4.06. The van der Waals surface area contributed by atoms with Crippen LogP contribution in [-0.2, 0) is 14.8 Å². The average Bonchev–Trinajstić information content (AvgIpc) is 3.55. The summed E-state index contributed by atoms with van der Waals surface area (Å²) in [5.41, 5.74) is 1.97. The van der Waals surface area contributed by atoms with Crippen LogP contribution in [0, 0.1) is 5.92 Å². The van der Waals surface area contributed by atoms with Gasteiger partial charge < -0.3 is 9.52 Å². The number of H-pyrrole nitrogens is 1. The Hall–Kier alpha value is -3.61. The van der Waals surface area contributed by atoms with Crippen LogP contribution in [0.2, 0.25) is 0 Å². The molecule has 174 valence electrons. The highest BCUT2D eigenvalue weighted by Gasteiger charge is 2.28. The standard InChI is InChI=1S/C22H19N5O5S2/c1-11(2)20(22(28)29)25-34(30,31)13-4-5-14-15-9-12(3-6-16(15)32-17(14)10-13)18-7-8-19(33-18)21-23-26-27-24-21/h3-11,20,25H,1-2H3,(H,28,29)(H,23,24,26,27)/t20-/m0/s1. The summed E-state index contributed by atoms with van der Waals surface area (Å²) in [4.78, 5) is 13.3. The van der Waals surface area contributed by atoms with Crippen molar-refractivity contribution in [3.05, 3.63) is 48.5 Å². The van der Waals surface area contributed by atoms with Gasteiger partial charge in [0.1, 0.15) is 17.2 Å². The van der Waals surface area contributed by atoms with E-state index < -0.39 is 28.0 Å². The van der Waals surface area contributed by atoms with Crippen LogP contribution in [0.3, 0.4) is 0 Å². The molecule has 2 aromatic carbocycles. The second-order valence-electron chi connectivity index (χ2n) is 8.05. The number of furan rings is 1. The Morgan fingerprint density at radius 3 is 2.56 bits per heavy atom. The lowest BCUT2D eigenvalue weighted by molar-refractivity contribution is -0.140. The van der Waals surface area contributed by atoms with Crippen LogP contribution in [0.4, 0.5) is 0 Å². The van der Waals surface area contributed by atoms with Crippen molar-refractivity contribution in [2.45, 2.75) is 24.8 Å². The van der Waals surface area contributed by atoms with Gasteiger partial charge in [-0.05, 0) is 59.2 Å². The maximum absolute atomic E-state index is 12.8. The number of nitrogens with one attached hydrogen (secondary N) is 2. The summed E-state index contributed by atoms with van der Waals surface area (Å²) < 4.78 is 33.8. The molecule has 0 radical (unpaired) electrons. The number of aromatic amines is 1. The second-order valence-corrected chi connectivity index (χ2v) is 10.8. The maximum atomic E-state index is 12.8. The molecule has 0 saturated heterocycles. The van der Waals surface area contributed by atoms with Crippen LogP contribution in [0.5, 0.6) is 0 Å². The largest absolute Gasteiger partial charge is 0.480 e. The first-order valence-corrected chi connectivity index (χ1v) is 12.6. The molecule has 3 heterocycles. The second kappa shape index (κ2) is 8.31. The molecule has 5 rings (SSSR count). The van der Waals surface area contributed by atoms with Gasteiger partial charge in [-0.1, -0.05) is 13.8 Å².